The van der Waals surface area contributed by atoms with Crippen molar-refractivity contribution in [3.05, 3.63) is 199 Å². The van der Waals surface area contributed by atoms with Crippen molar-refractivity contribution in [2.75, 3.05) is 13.1 Å². The third kappa shape index (κ3) is 4.60. The first-order chi connectivity index (χ1) is 28.3. The van der Waals surface area contributed by atoms with E-state index < -0.39 is 0 Å². The van der Waals surface area contributed by atoms with Crippen LogP contribution in [0.5, 0.6) is 0 Å². The molecule has 5 heteroatoms. The van der Waals surface area contributed by atoms with Crippen LogP contribution in [0, 0.1) is 5.92 Å². The largest absolute Gasteiger partial charge is 0.391 e. The highest BCUT2D eigenvalue weighted by Gasteiger charge is 2.51. The van der Waals surface area contributed by atoms with Gasteiger partial charge in [-0.15, -0.1) is 0 Å². The molecule has 0 spiro atoms. The SMILES string of the molecule is C1=CC([C@@]2(C3C=CNCC3)c3ccccc3-c3c2ccc2c4cnccc4n(-c4ccc([C@H]5C=CC(n6c7ccccc7c7ccccc76)=CC5)cc4)c32)=CCN1. The summed E-state index contributed by atoms with van der Waals surface area (Å²) in [5.74, 6) is 0.610. The summed E-state index contributed by atoms with van der Waals surface area (Å²) in [5, 5.41) is 11.9. The topological polar surface area (TPSA) is 46.8 Å². The third-order valence-electron chi connectivity index (χ3n) is 13.2. The van der Waals surface area contributed by atoms with Gasteiger partial charge in [0.25, 0.3) is 0 Å². The lowest BCUT2D eigenvalue weighted by Crippen LogP contribution is -2.39. The number of rotatable bonds is 5. The van der Waals surface area contributed by atoms with E-state index >= 15 is 0 Å². The zero-order valence-corrected chi connectivity index (χ0v) is 31.6. The molecule has 0 bridgehead atoms. The standard InChI is InChI=1S/C52H41N5/c1-4-10-45-43(9-1)50-46(52(45,36-23-28-53-29-24-36)37-25-30-54-31-26-37)22-21-42-44-33-55-32-27-49(44)57(51(42)50)39-19-15-35(16-20-39)34-13-17-38(18-14-34)56-47-11-5-2-7-40(47)41-8-3-6-12-48(41)56/h1-13,15-25,27-28,30,32-34,37,53-54H,14,26,29,31H2/t34-,37?,52+/m0/s1. The van der Waals surface area contributed by atoms with Crippen molar-refractivity contribution in [2.24, 2.45) is 5.92 Å². The first kappa shape index (κ1) is 32.4. The molecule has 0 amide bonds. The number of dihydropyridines is 1. The average Bonchev–Trinajstić information content (AvgIpc) is 3.92. The quantitative estimate of drug-likeness (QED) is 0.185. The molecule has 57 heavy (non-hydrogen) atoms. The van der Waals surface area contributed by atoms with E-state index in [1.807, 2.05) is 12.4 Å². The van der Waals surface area contributed by atoms with E-state index in [2.05, 4.69) is 189 Å². The second-order valence-corrected chi connectivity index (χ2v) is 15.9. The molecule has 0 fully saturated rings. The van der Waals surface area contributed by atoms with Gasteiger partial charge in [0.2, 0.25) is 0 Å². The lowest BCUT2D eigenvalue weighted by atomic mass is 9.62. The molecule has 0 saturated carbocycles. The number of nitrogens with one attached hydrogen (secondary N) is 2. The Hall–Kier alpha value is -6.85. The Kier molecular flexibility index (Phi) is 7.15. The number of para-hydroxylation sites is 2. The molecule has 12 rings (SSSR count). The van der Waals surface area contributed by atoms with Crippen molar-refractivity contribution in [1.82, 2.24) is 24.8 Å². The molecule has 274 valence electrons. The second kappa shape index (κ2) is 12.6. The van der Waals surface area contributed by atoms with Gasteiger partial charge in [-0.05, 0) is 101 Å². The van der Waals surface area contributed by atoms with E-state index in [0.717, 1.165) is 31.6 Å². The molecule has 0 radical (unpaired) electrons. The predicted molar refractivity (Wildman–Crippen MR) is 235 cm³/mol. The first-order valence-corrected chi connectivity index (χ1v) is 20.3. The summed E-state index contributed by atoms with van der Waals surface area (Å²) in [6.07, 6.45) is 24.5. The fourth-order valence-electron chi connectivity index (χ4n) is 10.7. The Morgan fingerprint density at radius 3 is 2.18 bits per heavy atom. The Labute approximate surface area is 331 Å². The summed E-state index contributed by atoms with van der Waals surface area (Å²) in [4.78, 5) is 4.65. The van der Waals surface area contributed by atoms with Crippen LogP contribution in [-0.2, 0) is 5.41 Å². The molecule has 1 unspecified atom stereocenters. The fraction of sp³-hybridized carbons (Fsp3) is 0.135. The molecule has 5 nitrogen and oxygen atoms in total. The van der Waals surface area contributed by atoms with Crippen molar-refractivity contribution in [3.63, 3.8) is 0 Å². The van der Waals surface area contributed by atoms with Gasteiger partial charge in [-0.2, -0.15) is 0 Å². The fourth-order valence-corrected chi connectivity index (χ4v) is 10.7. The molecule has 4 aliphatic rings. The summed E-state index contributed by atoms with van der Waals surface area (Å²) in [5.41, 5.74) is 15.2. The van der Waals surface area contributed by atoms with Crippen molar-refractivity contribution >= 4 is 49.3 Å². The average molecular weight is 736 g/mol. The number of hydrogen-bond acceptors (Lipinski definition) is 3. The van der Waals surface area contributed by atoms with Crippen LogP contribution in [0.3, 0.4) is 0 Å². The molecule has 5 heterocycles. The lowest BCUT2D eigenvalue weighted by molar-refractivity contribution is 0.407. The van der Waals surface area contributed by atoms with Crippen molar-refractivity contribution in [2.45, 2.75) is 24.2 Å². The molecular weight excluding hydrogens is 695 g/mol. The summed E-state index contributed by atoms with van der Waals surface area (Å²) in [6, 6.07) is 43.0. The minimum Gasteiger partial charge on any atom is -0.391 e. The number of nitrogens with zero attached hydrogens (tertiary/aromatic N) is 3. The zero-order valence-electron chi connectivity index (χ0n) is 31.6. The van der Waals surface area contributed by atoms with Gasteiger partial charge < -0.3 is 19.8 Å². The number of pyridine rings is 1. The van der Waals surface area contributed by atoms with Gasteiger partial charge in [-0.25, -0.2) is 0 Å². The Bertz CT molecular complexity index is 3040. The van der Waals surface area contributed by atoms with E-state index in [4.69, 9.17) is 0 Å². The second-order valence-electron chi connectivity index (χ2n) is 15.9. The van der Waals surface area contributed by atoms with Crippen LogP contribution in [0.1, 0.15) is 35.4 Å². The van der Waals surface area contributed by atoms with Crippen LogP contribution in [0.15, 0.2) is 182 Å². The van der Waals surface area contributed by atoms with E-state index in [1.165, 1.54) is 82.7 Å². The number of hydrogen-bond donors (Lipinski definition) is 2. The Balaban J connectivity index is 0.988. The molecule has 3 atom stereocenters. The van der Waals surface area contributed by atoms with Gasteiger partial charge >= 0.3 is 0 Å². The van der Waals surface area contributed by atoms with Crippen LogP contribution in [0.25, 0.3) is 66.1 Å². The van der Waals surface area contributed by atoms with Crippen LogP contribution in [0.2, 0.25) is 0 Å². The Morgan fingerprint density at radius 2 is 1.42 bits per heavy atom. The molecule has 5 aromatic carbocycles. The molecule has 2 aliphatic carbocycles. The molecule has 8 aromatic rings. The zero-order chi connectivity index (χ0) is 37.5. The van der Waals surface area contributed by atoms with Crippen LogP contribution in [-0.4, -0.2) is 27.2 Å². The summed E-state index contributed by atoms with van der Waals surface area (Å²) in [7, 11) is 0. The smallest absolute Gasteiger partial charge is 0.0623 e. The van der Waals surface area contributed by atoms with Gasteiger partial charge in [-0.3, -0.25) is 4.98 Å². The molecule has 2 N–H and O–H groups in total. The van der Waals surface area contributed by atoms with E-state index in [9.17, 15) is 0 Å². The van der Waals surface area contributed by atoms with Gasteiger partial charge in [0.05, 0.1) is 27.5 Å². The molecular formula is C52H41N5. The number of aromatic nitrogens is 3. The van der Waals surface area contributed by atoms with Crippen molar-refractivity contribution in [1.29, 1.82) is 0 Å². The monoisotopic (exact) mass is 735 g/mol. The van der Waals surface area contributed by atoms with Crippen LogP contribution >= 0.6 is 0 Å². The molecule has 0 saturated heterocycles. The summed E-state index contributed by atoms with van der Waals surface area (Å²) < 4.78 is 4.92. The highest BCUT2D eigenvalue weighted by Crippen LogP contribution is 2.60. The molecule has 3 aromatic heterocycles. The molecule has 2 aliphatic heterocycles. The van der Waals surface area contributed by atoms with E-state index in [1.54, 1.807) is 0 Å². The van der Waals surface area contributed by atoms with E-state index in [0.29, 0.717) is 11.8 Å². The van der Waals surface area contributed by atoms with Crippen LogP contribution < -0.4 is 10.6 Å². The third-order valence-corrected chi connectivity index (χ3v) is 13.2. The van der Waals surface area contributed by atoms with Gasteiger partial charge in [-0.1, -0.05) is 109 Å². The van der Waals surface area contributed by atoms with E-state index in [-0.39, 0.29) is 5.41 Å². The minimum absolute atomic E-state index is 0.305. The number of fused-ring (bicyclic) bond motifs is 10. The maximum atomic E-state index is 4.65. The maximum absolute atomic E-state index is 4.65. The van der Waals surface area contributed by atoms with Crippen molar-refractivity contribution in [3.8, 4) is 16.8 Å². The van der Waals surface area contributed by atoms with Gasteiger partial charge in [0.1, 0.15) is 0 Å². The lowest BCUT2D eigenvalue weighted by Gasteiger charge is -2.42. The van der Waals surface area contributed by atoms with Crippen molar-refractivity contribution < 1.29 is 0 Å². The summed E-state index contributed by atoms with van der Waals surface area (Å²) >= 11 is 0. The Morgan fingerprint density at radius 1 is 0.632 bits per heavy atom. The summed E-state index contributed by atoms with van der Waals surface area (Å²) in [6.45, 7) is 1.79. The first-order valence-electron chi connectivity index (χ1n) is 20.3. The van der Waals surface area contributed by atoms with Gasteiger partial charge in [0.15, 0.2) is 0 Å². The highest BCUT2D eigenvalue weighted by atomic mass is 15.0. The minimum atomic E-state index is -0.306. The number of allylic oxidation sites excluding steroid dienone is 7. The normalized spacial score (nSPS) is 21.1. The highest BCUT2D eigenvalue weighted by molar-refractivity contribution is 6.16. The van der Waals surface area contributed by atoms with Gasteiger partial charge in [0, 0.05) is 69.9 Å². The predicted octanol–water partition coefficient (Wildman–Crippen LogP) is 11.3. The number of benzene rings is 5. The van der Waals surface area contributed by atoms with Crippen LogP contribution in [0.4, 0.5) is 0 Å². The maximum Gasteiger partial charge on any atom is 0.0623 e.